The number of piperidine rings is 1. The Hall–Kier alpha value is -3.20. The van der Waals surface area contributed by atoms with Crippen LogP contribution >= 0.6 is 0 Å². The van der Waals surface area contributed by atoms with Gasteiger partial charge in [-0.1, -0.05) is 18.2 Å². The molecule has 0 atom stereocenters. The maximum absolute atomic E-state index is 13.7. The highest BCUT2D eigenvalue weighted by Crippen LogP contribution is 2.34. The molecule has 1 saturated heterocycles. The molecule has 0 unspecified atom stereocenters. The summed E-state index contributed by atoms with van der Waals surface area (Å²) in [5.74, 6) is -0.203. The van der Waals surface area contributed by atoms with Crippen LogP contribution in [0.4, 0.5) is 13.2 Å². The second-order valence-corrected chi connectivity index (χ2v) is 7.37. The molecular formula is C22H20F3N3O3. The SMILES string of the molecule is COC1CCN(C(=O)c2ccc(-c3c(C(F)(F)F)nc4ccccn4c3=O)cc2)CC1. The van der Waals surface area contributed by atoms with Crippen molar-refractivity contribution in [1.82, 2.24) is 14.3 Å². The third kappa shape index (κ3) is 4.05. The molecule has 1 amide bonds. The van der Waals surface area contributed by atoms with Crippen LogP contribution in [0, 0.1) is 0 Å². The summed E-state index contributed by atoms with van der Waals surface area (Å²) in [7, 11) is 1.64. The zero-order valence-corrected chi connectivity index (χ0v) is 16.7. The molecule has 2 aromatic heterocycles. The molecule has 0 N–H and O–H groups in total. The van der Waals surface area contributed by atoms with Crippen molar-refractivity contribution >= 4 is 11.6 Å². The molecule has 0 aliphatic carbocycles. The van der Waals surface area contributed by atoms with Crippen LogP contribution in [-0.2, 0) is 10.9 Å². The number of hydrogen-bond acceptors (Lipinski definition) is 4. The number of rotatable bonds is 3. The van der Waals surface area contributed by atoms with Gasteiger partial charge in [-0.15, -0.1) is 0 Å². The van der Waals surface area contributed by atoms with E-state index in [4.69, 9.17) is 4.74 Å². The maximum atomic E-state index is 13.7. The van der Waals surface area contributed by atoms with E-state index < -0.39 is 23.0 Å². The van der Waals surface area contributed by atoms with Crippen molar-refractivity contribution in [1.29, 1.82) is 0 Å². The molecule has 9 heteroatoms. The Morgan fingerprint density at radius 1 is 1.10 bits per heavy atom. The van der Waals surface area contributed by atoms with E-state index in [2.05, 4.69) is 4.98 Å². The number of halogens is 3. The summed E-state index contributed by atoms with van der Waals surface area (Å²) in [5.41, 5.74) is -2.30. The Labute approximate surface area is 175 Å². The summed E-state index contributed by atoms with van der Waals surface area (Å²) in [4.78, 5) is 31.0. The smallest absolute Gasteiger partial charge is 0.381 e. The molecule has 1 fully saturated rings. The molecule has 31 heavy (non-hydrogen) atoms. The molecule has 1 aliphatic rings. The number of carbonyl (C=O) groups excluding carboxylic acids is 1. The third-order valence-electron chi connectivity index (χ3n) is 5.49. The number of fused-ring (bicyclic) bond motifs is 1. The largest absolute Gasteiger partial charge is 0.434 e. The van der Waals surface area contributed by atoms with Gasteiger partial charge in [-0.3, -0.25) is 14.0 Å². The van der Waals surface area contributed by atoms with Crippen LogP contribution in [0.3, 0.4) is 0 Å². The second-order valence-electron chi connectivity index (χ2n) is 7.37. The monoisotopic (exact) mass is 431 g/mol. The molecule has 4 rings (SSSR count). The molecule has 0 spiro atoms. The Morgan fingerprint density at radius 3 is 2.39 bits per heavy atom. The lowest BCUT2D eigenvalue weighted by atomic mass is 10.0. The average molecular weight is 431 g/mol. The van der Waals surface area contributed by atoms with Gasteiger partial charge in [-0.25, -0.2) is 4.98 Å². The summed E-state index contributed by atoms with van der Waals surface area (Å²) in [6, 6.07) is 10.0. The molecule has 1 aromatic carbocycles. The van der Waals surface area contributed by atoms with Gasteiger partial charge in [0.05, 0.1) is 11.7 Å². The van der Waals surface area contributed by atoms with Crippen LogP contribution < -0.4 is 5.56 Å². The van der Waals surface area contributed by atoms with Crippen molar-refractivity contribution in [2.24, 2.45) is 0 Å². The maximum Gasteiger partial charge on any atom is 0.434 e. The van der Waals surface area contributed by atoms with Gasteiger partial charge in [-0.2, -0.15) is 13.2 Å². The summed E-state index contributed by atoms with van der Waals surface area (Å²) in [5, 5.41) is 0. The van der Waals surface area contributed by atoms with Gasteiger partial charge in [0.1, 0.15) is 5.65 Å². The summed E-state index contributed by atoms with van der Waals surface area (Å²) < 4.78 is 47.4. The van der Waals surface area contributed by atoms with E-state index in [9.17, 15) is 22.8 Å². The molecule has 0 bridgehead atoms. The van der Waals surface area contributed by atoms with E-state index in [1.54, 1.807) is 18.1 Å². The molecule has 1 aliphatic heterocycles. The normalized spacial score (nSPS) is 15.4. The summed E-state index contributed by atoms with van der Waals surface area (Å²) >= 11 is 0. The predicted octanol–water partition coefficient (Wildman–Crippen LogP) is 3.63. The molecule has 0 radical (unpaired) electrons. The van der Waals surface area contributed by atoms with Crippen LogP contribution in [0.1, 0.15) is 28.9 Å². The van der Waals surface area contributed by atoms with Gasteiger partial charge >= 0.3 is 6.18 Å². The van der Waals surface area contributed by atoms with E-state index in [0.29, 0.717) is 18.7 Å². The first-order chi connectivity index (χ1) is 14.8. The lowest BCUT2D eigenvalue weighted by molar-refractivity contribution is -0.140. The van der Waals surface area contributed by atoms with Crippen LogP contribution in [-0.4, -0.2) is 46.5 Å². The number of methoxy groups -OCH3 is 1. The van der Waals surface area contributed by atoms with Gasteiger partial charge in [0, 0.05) is 32.0 Å². The first-order valence-corrected chi connectivity index (χ1v) is 9.80. The van der Waals surface area contributed by atoms with Crippen LogP contribution in [0.2, 0.25) is 0 Å². The number of pyridine rings is 1. The molecular weight excluding hydrogens is 411 g/mol. The predicted molar refractivity (Wildman–Crippen MR) is 108 cm³/mol. The molecule has 162 valence electrons. The van der Waals surface area contributed by atoms with E-state index in [1.165, 1.54) is 42.6 Å². The lowest BCUT2D eigenvalue weighted by Crippen LogP contribution is -2.40. The minimum atomic E-state index is -4.81. The fourth-order valence-electron chi connectivity index (χ4n) is 3.81. The van der Waals surface area contributed by atoms with Gasteiger partial charge in [-0.05, 0) is 42.7 Å². The average Bonchev–Trinajstić information content (AvgIpc) is 2.78. The standard InChI is InChI=1S/C22H20F3N3O3/c1-31-16-9-12-27(13-10-16)20(29)15-7-5-14(6-8-15)18-19(22(23,24)25)26-17-4-2-3-11-28(17)21(18)30/h2-8,11,16H,9-10,12-13H2,1H3. The first-order valence-electron chi connectivity index (χ1n) is 9.80. The first kappa shape index (κ1) is 21.0. The summed E-state index contributed by atoms with van der Waals surface area (Å²) in [6.45, 7) is 1.10. The minimum absolute atomic E-state index is 0.0534. The fourth-order valence-corrected chi connectivity index (χ4v) is 3.81. The number of likely N-dealkylation sites (tertiary alicyclic amines) is 1. The zero-order valence-electron chi connectivity index (χ0n) is 16.7. The van der Waals surface area contributed by atoms with E-state index in [-0.39, 0.29) is 23.2 Å². The minimum Gasteiger partial charge on any atom is -0.381 e. The van der Waals surface area contributed by atoms with E-state index >= 15 is 0 Å². The number of alkyl halides is 3. The van der Waals surface area contributed by atoms with Crippen molar-refractivity contribution in [2.75, 3.05) is 20.2 Å². The summed E-state index contributed by atoms with van der Waals surface area (Å²) in [6.07, 6.45) is -1.85. The number of carbonyl (C=O) groups is 1. The Balaban J connectivity index is 1.70. The zero-order chi connectivity index (χ0) is 22.2. The molecule has 3 aromatic rings. The van der Waals surface area contributed by atoms with Gasteiger partial charge in [0.15, 0.2) is 5.69 Å². The van der Waals surface area contributed by atoms with Crippen LogP contribution in [0.15, 0.2) is 53.5 Å². The van der Waals surface area contributed by atoms with E-state index in [0.717, 1.165) is 17.2 Å². The van der Waals surface area contributed by atoms with Crippen molar-refractivity contribution < 1.29 is 22.7 Å². The quantitative estimate of drug-likeness (QED) is 0.635. The third-order valence-corrected chi connectivity index (χ3v) is 5.49. The Kier molecular flexibility index (Phi) is 5.53. The number of ether oxygens (including phenoxy) is 1. The highest BCUT2D eigenvalue weighted by atomic mass is 19.4. The van der Waals surface area contributed by atoms with Gasteiger partial charge in [0.25, 0.3) is 11.5 Å². The highest BCUT2D eigenvalue weighted by molar-refractivity contribution is 5.94. The van der Waals surface area contributed by atoms with Crippen LogP contribution in [0.25, 0.3) is 16.8 Å². The number of benzene rings is 1. The topological polar surface area (TPSA) is 63.9 Å². The van der Waals surface area contributed by atoms with Gasteiger partial charge in [0.2, 0.25) is 0 Å². The van der Waals surface area contributed by atoms with Crippen molar-refractivity contribution in [3.63, 3.8) is 0 Å². The second kappa shape index (κ2) is 8.14. The Bertz CT molecular complexity index is 1160. The van der Waals surface area contributed by atoms with E-state index in [1.807, 2.05) is 0 Å². The number of nitrogens with zero attached hydrogens (tertiary/aromatic N) is 3. The highest BCUT2D eigenvalue weighted by Gasteiger charge is 2.38. The molecule has 0 saturated carbocycles. The molecule has 3 heterocycles. The van der Waals surface area contributed by atoms with Crippen molar-refractivity contribution in [3.8, 4) is 11.1 Å². The number of aromatic nitrogens is 2. The fraction of sp³-hybridized carbons (Fsp3) is 0.318. The van der Waals surface area contributed by atoms with Crippen molar-refractivity contribution in [2.45, 2.75) is 25.1 Å². The van der Waals surface area contributed by atoms with Gasteiger partial charge < -0.3 is 9.64 Å². The molecule has 6 nitrogen and oxygen atoms in total. The van der Waals surface area contributed by atoms with Crippen LogP contribution in [0.5, 0.6) is 0 Å². The van der Waals surface area contributed by atoms with Crippen molar-refractivity contribution in [3.05, 3.63) is 70.3 Å². The Morgan fingerprint density at radius 2 is 1.77 bits per heavy atom. The number of amides is 1. The number of hydrogen-bond donors (Lipinski definition) is 0. The lowest BCUT2D eigenvalue weighted by Gasteiger charge is -2.31.